The highest BCUT2D eigenvalue weighted by Crippen LogP contribution is 2.30. The van der Waals surface area contributed by atoms with Crippen LogP contribution in [0.5, 0.6) is 5.75 Å². The van der Waals surface area contributed by atoms with Gasteiger partial charge in [0.1, 0.15) is 5.82 Å². The molecule has 1 saturated heterocycles. The van der Waals surface area contributed by atoms with Crippen molar-refractivity contribution < 1.29 is 27.8 Å². The minimum atomic E-state index is -0.882. The van der Waals surface area contributed by atoms with E-state index >= 15 is 0 Å². The molecule has 1 atom stereocenters. The molecular weight excluding hydrogens is 322 g/mol. The van der Waals surface area contributed by atoms with Gasteiger partial charge in [-0.1, -0.05) is 0 Å². The second-order valence-electron chi connectivity index (χ2n) is 6.23. The fourth-order valence-electron chi connectivity index (χ4n) is 2.78. The minimum Gasteiger partial charge on any atom is -0.492 e. The van der Waals surface area contributed by atoms with Crippen molar-refractivity contribution in [3.8, 4) is 5.75 Å². The number of ether oxygens (including phenoxy) is 3. The quantitative estimate of drug-likeness (QED) is 0.912. The third kappa shape index (κ3) is 4.33. The van der Waals surface area contributed by atoms with Crippen molar-refractivity contribution in [2.24, 2.45) is 0 Å². The number of benzene rings is 1. The van der Waals surface area contributed by atoms with Crippen LogP contribution in [0.2, 0.25) is 0 Å². The van der Waals surface area contributed by atoms with E-state index < -0.39 is 23.3 Å². The van der Waals surface area contributed by atoms with Crippen LogP contribution < -0.4 is 10.1 Å². The first-order chi connectivity index (χ1) is 11.3. The summed E-state index contributed by atoms with van der Waals surface area (Å²) in [6.45, 7) is 4.70. The van der Waals surface area contributed by atoms with Crippen LogP contribution in [0.4, 0.5) is 19.3 Å². The number of nitrogens with one attached hydrogen (secondary N) is 1. The van der Waals surface area contributed by atoms with E-state index in [9.17, 15) is 13.6 Å². The molecular formula is C16H22F2N2O4. The number of carbonyl (C=O) groups is 1. The van der Waals surface area contributed by atoms with Gasteiger partial charge in [-0.25, -0.2) is 13.6 Å². The number of halogens is 2. The second kappa shape index (κ2) is 7.31. The zero-order valence-electron chi connectivity index (χ0n) is 14.2. The number of methoxy groups -OCH3 is 2. The zero-order valence-corrected chi connectivity index (χ0v) is 14.2. The topological polar surface area (TPSA) is 60.0 Å². The van der Waals surface area contributed by atoms with Gasteiger partial charge in [0, 0.05) is 19.2 Å². The van der Waals surface area contributed by atoms with Crippen LogP contribution in [0.15, 0.2) is 12.1 Å². The van der Waals surface area contributed by atoms with E-state index in [1.165, 1.54) is 12.0 Å². The van der Waals surface area contributed by atoms with Crippen molar-refractivity contribution in [1.82, 2.24) is 4.90 Å². The number of morpholine rings is 1. The molecule has 0 saturated carbocycles. The van der Waals surface area contributed by atoms with Gasteiger partial charge < -0.3 is 24.4 Å². The number of anilines is 1. The molecule has 0 spiro atoms. The molecule has 2 rings (SSSR count). The molecule has 1 fully saturated rings. The maximum atomic E-state index is 13.7. The Labute approximate surface area is 139 Å². The van der Waals surface area contributed by atoms with Crippen LogP contribution >= 0.6 is 0 Å². The maximum Gasteiger partial charge on any atom is 0.322 e. The number of amides is 2. The Hall–Kier alpha value is -1.93. The lowest BCUT2D eigenvalue weighted by Gasteiger charge is -2.42. The van der Waals surface area contributed by atoms with Gasteiger partial charge in [-0.2, -0.15) is 0 Å². The molecule has 8 heteroatoms. The third-order valence-electron chi connectivity index (χ3n) is 3.58. The lowest BCUT2D eigenvalue weighted by Crippen LogP contribution is -2.56. The Kier molecular flexibility index (Phi) is 5.61. The van der Waals surface area contributed by atoms with Crippen molar-refractivity contribution in [3.05, 3.63) is 23.8 Å². The maximum absolute atomic E-state index is 13.7. The van der Waals surface area contributed by atoms with Crippen molar-refractivity contribution in [2.45, 2.75) is 25.6 Å². The standard InChI is InChI=1S/C16H22F2N2O4/c1-16(2)9-20(7-11(24-16)8-22-3)15(21)19-13-6-10(17)5-12(18)14(13)23-4/h5-6,11H,7-9H2,1-4H3,(H,19,21)/t11-/m0/s1. The van der Waals surface area contributed by atoms with Gasteiger partial charge in [-0.15, -0.1) is 0 Å². The fraction of sp³-hybridized carbons (Fsp3) is 0.562. The molecule has 1 aromatic carbocycles. The number of rotatable bonds is 4. The summed E-state index contributed by atoms with van der Waals surface area (Å²) in [7, 11) is 2.80. The van der Waals surface area contributed by atoms with Crippen molar-refractivity contribution in [1.29, 1.82) is 0 Å². The average molecular weight is 344 g/mol. The SMILES string of the molecule is COC[C@@H]1CN(C(=O)Nc2cc(F)cc(F)c2OC)CC(C)(C)O1. The normalized spacial score (nSPS) is 19.9. The lowest BCUT2D eigenvalue weighted by atomic mass is 10.1. The predicted octanol–water partition coefficient (Wildman–Crippen LogP) is 2.63. The van der Waals surface area contributed by atoms with E-state index in [4.69, 9.17) is 14.2 Å². The number of carbonyl (C=O) groups excluding carboxylic acids is 1. The molecule has 1 aliphatic rings. The Morgan fingerprint density at radius 3 is 2.75 bits per heavy atom. The molecule has 0 unspecified atom stereocenters. The summed E-state index contributed by atoms with van der Waals surface area (Å²) in [5.41, 5.74) is -0.622. The predicted molar refractivity (Wildman–Crippen MR) is 84.3 cm³/mol. The van der Waals surface area contributed by atoms with Gasteiger partial charge >= 0.3 is 6.03 Å². The minimum absolute atomic E-state index is 0.0624. The van der Waals surface area contributed by atoms with Crippen LogP contribution in [0, 0.1) is 11.6 Å². The summed E-state index contributed by atoms with van der Waals surface area (Å²) in [5, 5.41) is 2.50. The molecule has 0 radical (unpaired) electrons. The number of nitrogens with zero attached hydrogens (tertiary/aromatic N) is 1. The fourth-order valence-corrected chi connectivity index (χ4v) is 2.78. The summed E-state index contributed by atoms with van der Waals surface area (Å²) >= 11 is 0. The molecule has 1 N–H and O–H groups in total. The van der Waals surface area contributed by atoms with Gasteiger partial charge in [-0.05, 0) is 13.8 Å². The number of hydrogen-bond donors (Lipinski definition) is 1. The monoisotopic (exact) mass is 344 g/mol. The molecule has 0 bridgehead atoms. The molecule has 1 heterocycles. The van der Waals surface area contributed by atoms with Crippen LogP contribution in [-0.2, 0) is 9.47 Å². The molecule has 6 nitrogen and oxygen atoms in total. The second-order valence-corrected chi connectivity index (χ2v) is 6.23. The van der Waals surface area contributed by atoms with Gasteiger partial charge in [-0.3, -0.25) is 0 Å². The first-order valence-electron chi connectivity index (χ1n) is 7.51. The van der Waals surface area contributed by atoms with Crippen LogP contribution in [0.3, 0.4) is 0 Å². The van der Waals surface area contributed by atoms with Gasteiger partial charge in [0.15, 0.2) is 11.6 Å². The van der Waals surface area contributed by atoms with E-state index in [1.54, 1.807) is 7.11 Å². The van der Waals surface area contributed by atoms with E-state index in [0.717, 1.165) is 6.07 Å². The van der Waals surface area contributed by atoms with Crippen molar-refractivity contribution in [3.63, 3.8) is 0 Å². The number of urea groups is 1. The summed E-state index contributed by atoms with van der Waals surface area (Å²) in [5.74, 6) is -1.90. The van der Waals surface area contributed by atoms with E-state index in [2.05, 4.69) is 5.32 Å². The Morgan fingerprint density at radius 1 is 1.42 bits per heavy atom. The molecule has 0 aliphatic carbocycles. The molecule has 0 aromatic heterocycles. The van der Waals surface area contributed by atoms with Crippen molar-refractivity contribution >= 4 is 11.7 Å². The lowest BCUT2D eigenvalue weighted by molar-refractivity contribution is -0.141. The summed E-state index contributed by atoms with van der Waals surface area (Å²) in [6.07, 6.45) is -0.282. The smallest absolute Gasteiger partial charge is 0.322 e. The van der Waals surface area contributed by atoms with E-state index in [0.29, 0.717) is 25.8 Å². The van der Waals surface area contributed by atoms with Gasteiger partial charge in [0.2, 0.25) is 0 Å². The Balaban J connectivity index is 2.17. The highest BCUT2D eigenvalue weighted by Gasteiger charge is 2.36. The Bertz CT molecular complexity index is 610. The van der Waals surface area contributed by atoms with E-state index in [-0.39, 0.29) is 17.5 Å². The first-order valence-corrected chi connectivity index (χ1v) is 7.51. The van der Waals surface area contributed by atoms with Gasteiger partial charge in [0.05, 0.1) is 44.2 Å². The third-order valence-corrected chi connectivity index (χ3v) is 3.58. The summed E-state index contributed by atoms with van der Waals surface area (Å²) in [4.78, 5) is 14.0. The van der Waals surface area contributed by atoms with Crippen molar-refractivity contribution in [2.75, 3.05) is 39.2 Å². The first kappa shape index (κ1) is 18.4. The van der Waals surface area contributed by atoms with E-state index in [1.807, 2.05) is 13.8 Å². The summed E-state index contributed by atoms with van der Waals surface area (Å²) in [6, 6.07) is 1.22. The van der Waals surface area contributed by atoms with Crippen LogP contribution in [-0.4, -0.2) is 56.6 Å². The molecule has 1 aliphatic heterocycles. The largest absolute Gasteiger partial charge is 0.492 e. The molecule has 1 aromatic rings. The van der Waals surface area contributed by atoms with Crippen LogP contribution in [0.25, 0.3) is 0 Å². The van der Waals surface area contributed by atoms with Gasteiger partial charge in [0.25, 0.3) is 0 Å². The summed E-state index contributed by atoms with van der Waals surface area (Å²) < 4.78 is 43.0. The average Bonchev–Trinajstić information content (AvgIpc) is 2.45. The molecule has 134 valence electrons. The number of hydrogen-bond acceptors (Lipinski definition) is 4. The molecule has 24 heavy (non-hydrogen) atoms. The zero-order chi connectivity index (χ0) is 17.9. The Morgan fingerprint density at radius 2 is 2.12 bits per heavy atom. The highest BCUT2D eigenvalue weighted by molar-refractivity contribution is 5.91. The van der Waals surface area contributed by atoms with Crippen LogP contribution in [0.1, 0.15) is 13.8 Å². The molecule has 2 amide bonds. The highest BCUT2D eigenvalue weighted by atomic mass is 19.1.